The zero-order valence-corrected chi connectivity index (χ0v) is 11.8. The van der Waals surface area contributed by atoms with E-state index in [2.05, 4.69) is 6.58 Å². The topological polar surface area (TPSA) is 20.3 Å². The highest BCUT2D eigenvalue weighted by Gasteiger charge is 2.29. The molecule has 0 fully saturated rings. The quantitative estimate of drug-likeness (QED) is 0.803. The summed E-state index contributed by atoms with van der Waals surface area (Å²) in [5, 5.41) is 0.582. The molecule has 1 aliphatic rings. The van der Waals surface area contributed by atoms with Crippen LogP contribution in [0.1, 0.15) is 5.56 Å². The molecule has 2 nitrogen and oxygen atoms in total. The fourth-order valence-corrected chi connectivity index (χ4v) is 2.44. The van der Waals surface area contributed by atoms with Gasteiger partial charge in [0.05, 0.1) is 5.70 Å². The van der Waals surface area contributed by atoms with Crippen LogP contribution in [0.25, 0.3) is 5.57 Å². The summed E-state index contributed by atoms with van der Waals surface area (Å²) in [6.07, 6.45) is 1.40. The molecular formula is C17H11ClFNO. The number of allylic oxidation sites excluding steroid dienone is 1. The third-order valence-electron chi connectivity index (χ3n) is 3.32. The lowest BCUT2D eigenvalue weighted by Crippen LogP contribution is -2.22. The number of anilines is 1. The Morgan fingerprint density at radius 2 is 1.71 bits per heavy atom. The van der Waals surface area contributed by atoms with Crippen molar-refractivity contribution in [3.8, 4) is 0 Å². The van der Waals surface area contributed by atoms with Crippen molar-refractivity contribution >= 4 is 28.8 Å². The molecule has 1 amide bonds. The number of carbonyl (C=O) groups excluding carboxylic acids is 1. The summed E-state index contributed by atoms with van der Waals surface area (Å²) in [5.41, 5.74) is 1.96. The predicted octanol–water partition coefficient (Wildman–Crippen LogP) is 4.42. The maximum atomic E-state index is 13.9. The van der Waals surface area contributed by atoms with E-state index in [1.165, 1.54) is 17.0 Å². The van der Waals surface area contributed by atoms with E-state index in [9.17, 15) is 9.18 Å². The van der Waals surface area contributed by atoms with Gasteiger partial charge in [0.25, 0.3) is 5.91 Å². The fourth-order valence-electron chi connectivity index (χ4n) is 2.31. The zero-order chi connectivity index (χ0) is 15.0. The van der Waals surface area contributed by atoms with Gasteiger partial charge in [0.2, 0.25) is 0 Å². The number of nitrogens with zero attached hydrogens (tertiary/aromatic N) is 1. The van der Waals surface area contributed by atoms with Crippen LogP contribution >= 0.6 is 11.6 Å². The number of hydrogen-bond donors (Lipinski definition) is 0. The lowest BCUT2D eigenvalue weighted by molar-refractivity contribution is -0.113. The van der Waals surface area contributed by atoms with Crippen molar-refractivity contribution in [2.45, 2.75) is 0 Å². The molecule has 0 bridgehead atoms. The van der Waals surface area contributed by atoms with Gasteiger partial charge in [-0.3, -0.25) is 9.69 Å². The summed E-state index contributed by atoms with van der Waals surface area (Å²) in [4.78, 5) is 13.6. The Bertz CT molecular complexity index is 765. The van der Waals surface area contributed by atoms with Gasteiger partial charge in [0.1, 0.15) is 5.82 Å². The molecule has 0 spiro atoms. The Labute approximate surface area is 126 Å². The van der Waals surface area contributed by atoms with Gasteiger partial charge in [-0.2, -0.15) is 0 Å². The number of hydrogen-bond acceptors (Lipinski definition) is 1. The smallest absolute Gasteiger partial charge is 0.256 e. The molecule has 2 aromatic rings. The van der Waals surface area contributed by atoms with Gasteiger partial charge >= 0.3 is 0 Å². The van der Waals surface area contributed by atoms with Gasteiger partial charge in [-0.15, -0.1) is 0 Å². The van der Waals surface area contributed by atoms with Crippen LogP contribution in [0.3, 0.4) is 0 Å². The van der Waals surface area contributed by atoms with E-state index in [0.29, 0.717) is 27.5 Å². The van der Waals surface area contributed by atoms with E-state index in [-0.39, 0.29) is 11.7 Å². The first-order valence-corrected chi connectivity index (χ1v) is 6.71. The largest absolute Gasteiger partial charge is 0.277 e. The fraction of sp³-hybridized carbons (Fsp3) is 0. The molecule has 21 heavy (non-hydrogen) atoms. The minimum atomic E-state index is -0.379. The molecule has 0 radical (unpaired) electrons. The monoisotopic (exact) mass is 299 g/mol. The Balaban J connectivity index is 2.00. The van der Waals surface area contributed by atoms with Gasteiger partial charge in [-0.05, 0) is 30.3 Å². The summed E-state index contributed by atoms with van der Waals surface area (Å²) in [5.74, 6) is -0.628. The van der Waals surface area contributed by atoms with Crippen molar-refractivity contribution in [3.05, 3.63) is 83.3 Å². The Hall–Kier alpha value is -2.39. The predicted molar refractivity (Wildman–Crippen MR) is 82.5 cm³/mol. The Kier molecular flexibility index (Phi) is 3.35. The second-order valence-corrected chi connectivity index (χ2v) is 5.07. The standard InChI is InChI=1S/C17H11ClFNO/c1-11-15(14-4-2-3-5-16(14)19)10-17(21)20(11)13-8-6-12(18)7-9-13/h2-10H,1H2. The molecule has 0 N–H and O–H groups in total. The van der Waals surface area contributed by atoms with Crippen LogP contribution in [-0.2, 0) is 4.79 Å². The van der Waals surface area contributed by atoms with E-state index in [1.807, 2.05) is 0 Å². The Morgan fingerprint density at radius 1 is 1.05 bits per heavy atom. The lowest BCUT2D eigenvalue weighted by atomic mass is 10.0. The number of rotatable bonds is 2. The number of halogens is 2. The average molecular weight is 300 g/mol. The highest BCUT2D eigenvalue weighted by molar-refractivity contribution is 6.30. The first kappa shape index (κ1) is 13.6. The molecule has 4 heteroatoms. The summed E-state index contributed by atoms with van der Waals surface area (Å²) < 4.78 is 13.9. The van der Waals surface area contributed by atoms with Crippen LogP contribution in [0.15, 0.2) is 66.9 Å². The second kappa shape index (κ2) is 5.19. The maximum Gasteiger partial charge on any atom is 0.256 e. The third-order valence-corrected chi connectivity index (χ3v) is 3.57. The molecule has 104 valence electrons. The minimum absolute atomic E-state index is 0.249. The SMILES string of the molecule is C=C1C(c2ccccc2F)=CC(=O)N1c1ccc(Cl)cc1. The minimum Gasteiger partial charge on any atom is -0.277 e. The Morgan fingerprint density at radius 3 is 2.38 bits per heavy atom. The zero-order valence-electron chi connectivity index (χ0n) is 11.0. The molecule has 0 aliphatic carbocycles. The maximum absolute atomic E-state index is 13.9. The van der Waals surface area contributed by atoms with Gasteiger partial charge in [-0.1, -0.05) is 36.4 Å². The first-order chi connectivity index (χ1) is 10.1. The summed E-state index contributed by atoms with van der Waals surface area (Å²) in [7, 11) is 0. The van der Waals surface area contributed by atoms with Crippen molar-refractivity contribution in [1.29, 1.82) is 0 Å². The molecule has 0 aromatic heterocycles. The average Bonchev–Trinajstić information content (AvgIpc) is 2.76. The highest BCUT2D eigenvalue weighted by Crippen LogP contribution is 2.35. The van der Waals surface area contributed by atoms with Crippen LogP contribution in [0.4, 0.5) is 10.1 Å². The van der Waals surface area contributed by atoms with Crippen molar-refractivity contribution in [2.75, 3.05) is 4.90 Å². The molecule has 1 heterocycles. The molecular weight excluding hydrogens is 289 g/mol. The lowest BCUT2D eigenvalue weighted by Gasteiger charge is -2.19. The molecule has 2 aromatic carbocycles. The molecule has 3 rings (SSSR count). The van der Waals surface area contributed by atoms with Crippen molar-refractivity contribution in [1.82, 2.24) is 0 Å². The van der Waals surface area contributed by atoms with Gasteiger partial charge in [0.15, 0.2) is 0 Å². The molecule has 1 aliphatic heterocycles. The number of amides is 1. The normalized spacial score (nSPS) is 14.6. The van der Waals surface area contributed by atoms with Crippen LogP contribution in [-0.4, -0.2) is 5.91 Å². The van der Waals surface area contributed by atoms with Crippen LogP contribution in [0, 0.1) is 5.82 Å². The van der Waals surface area contributed by atoms with E-state index < -0.39 is 0 Å². The second-order valence-electron chi connectivity index (χ2n) is 4.63. The first-order valence-electron chi connectivity index (χ1n) is 6.33. The van der Waals surface area contributed by atoms with Crippen LogP contribution in [0.2, 0.25) is 5.02 Å². The molecule has 0 atom stereocenters. The van der Waals surface area contributed by atoms with E-state index in [0.717, 1.165) is 0 Å². The van der Waals surface area contributed by atoms with Gasteiger partial charge in [-0.25, -0.2) is 4.39 Å². The third kappa shape index (κ3) is 2.36. The highest BCUT2D eigenvalue weighted by atomic mass is 35.5. The van der Waals surface area contributed by atoms with Crippen molar-refractivity contribution < 1.29 is 9.18 Å². The van der Waals surface area contributed by atoms with Gasteiger partial charge < -0.3 is 0 Å². The molecule has 0 saturated carbocycles. The van der Waals surface area contributed by atoms with Crippen LogP contribution in [0.5, 0.6) is 0 Å². The van der Waals surface area contributed by atoms with E-state index in [1.54, 1.807) is 42.5 Å². The van der Waals surface area contributed by atoms with E-state index >= 15 is 0 Å². The summed E-state index contributed by atoms with van der Waals surface area (Å²) in [6, 6.07) is 13.2. The molecule has 0 saturated heterocycles. The van der Waals surface area contributed by atoms with Gasteiger partial charge in [0, 0.05) is 27.9 Å². The summed E-state index contributed by atoms with van der Waals surface area (Å²) in [6.45, 7) is 3.92. The van der Waals surface area contributed by atoms with E-state index in [4.69, 9.17) is 11.6 Å². The number of benzene rings is 2. The van der Waals surface area contributed by atoms with Crippen molar-refractivity contribution in [2.24, 2.45) is 0 Å². The van der Waals surface area contributed by atoms with Crippen LogP contribution < -0.4 is 4.90 Å². The number of carbonyl (C=O) groups is 1. The summed E-state index contributed by atoms with van der Waals surface area (Å²) >= 11 is 5.85. The van der Waals surface area contributed by atoms with Crippen molar-refractivity contribution in [3.63, 3.8) is 0 Å². The molecule has 0 unspecified atom stereocenters.